The van der Waals surface area contributed by atoms with E-state index < -0.39 is 15.7 Å². The minimum absolute atomic E-state index is 0.0831. The van der Waals surface area contributed by atoms with Crippen LogP contribution < -0.4 is 5.32 Å². The molecular formula is C21H39NO4Si. The second kappa shape index (κ2) is 9.30. The SMILES string of the molecule is C=C(C)OC(CC[SiH2]OC1CC(C)(C)NC(C)(C)C1)(OC(=C)C)OC(=C)C. The molecule has 27 heavy (non-hydrogen) atoms. The van der Waals surface area contributed by atoms with Crippen LogP contribution in [0.3, 0.4) is 0 Å². The zero-order valence-corrected chi connectivity index (χ0v) is 19.8. The van der Waals surface area contributed by atoms with Crippen molar-refractivity contribution in [2.45, 2.75) is 96.9 Å². The zero-order chi connectivity index (χ0) is 20.9. The molecule has 1 rings (SSSR count). The monoisotopic (exact) mass is 397 g/mol. The number of piperidine rings is 1. The first-order valence-corrected chi connectivity index (χ1v) is 11.3. The number of nitrogens with one attached hydrogen (secondary N) is 1. The van der Waals surface area contributed by atoms with Crippen LogP contribution in [0.4, 0.5) is 0 Å². The molecule has 0 atom stereocenters. The lowest BCUT2D eigenvalue weighted by Gasteiger charge is -2.46. The summed E-state index contributed by atoms with van der Waals surface area (Å²) in [5.74, 6) is 0.276. The van der Waals surface area contributed by atoms with Crippen LogP contribution >= 0.6 is 0 Å². The van der Waals surface area contributed by atoms with Crippen LogP contribution in [-0.4, -0.2) is 32.9 Å². The van der Waals surface area contributed by atoms with Gasteiger partial charge in [0.2, 0.25) is 0 Å². The summed E-state index contributed by atoms with van der Waals surface area (Å²) in [6.45, 7) is 25.7. The molecule has 0 bridgehead atoms. The minimum atomic E-state index is -1.27. The number of hydrogen-bond acceptors (Lipinski definition) is 5. The van der Waals surface area contributed by atoms with E-state index in [9.17, 15) is 0 Å². The van der Waals surface area contributed by atoms with Gasteiger partial charge in [-0.25, -0.2) is 0 Å². The molecular weight excluding hydrogens is 358 g/mol. The highest BCUT2D eigenvalue weighted by atomic mass is 28.2. The molecule has 156 valence electrons. The molecule has 0 aromatic rings. The second-order valence-corrected chi connectivity index (χ2v) is 10.4. The summed E-state index contributed by atoms with van der Waals surface area (Å²) in [6.07, 6.45) is 2.84. The summed E-state index contributed by atoms with van der Waals surface area (Å²) >= 11 is 0. The number of allylic oxidation sites excluding steroid dienone is 3. The molecule has 5 nitrogen and oxygen atoms in total. The fraction of sp³-hybridized carbons (Fsp3) is 0.714. The van der Waals surface area contributed by atoms with E-state index in [2.05, 4.69) is 52.7 Å². The second-order valence-electron chi connectivity index (χ2n) is 8.99. The minimum Gasteiger partial charge on any atom is -0.426 e. The summed E-state index contributed by atoms with van der Waals surface area (Å²) in [5.41, 5.74) is 0.166. The molecule has 0 unspecified atom stereocenters. The van der Waals surface area contributed by atoms with Gasteiger partial charge in [-0.1, -0.05) is 19.7 Å². The average molecular weight is 398 g/mol. The van der Waals surface area contributed by atoms with E-state index in [-0.39, 0.29) is 17.2 Å². The van der Waals surface area contributed by atoms with Gasteiger partial charge in [-0.3, -0.25) is 0 Å². The molecule has 1 heterocycles. The topological polar surface area (TPSA) is 49.0 Å². The third-order valence-corrected chi connectivity index (χ3v) is 5.47. The molecule has 0 spiro atoms. The quantitative estimate of drug-likeness (QED) is 0.241. The van der Waals surface area contributed by atoms with Crippen LogP contribution in [0, 0.1) is 0 Å². The maximum Gasteiger partial charge on any atom is 0.415 e. The van der Waals surface area contributed by atoms with Crippen LogP contribution in [0.1, 0.15) is 67.7 Å². The molecule has 1 saturated heterocycles. The summed E-state index contributed by atoms with van der Waals surface area (Å²) in [7, 11) is -0.769. The Kier molecular flexibility index (Phi) is 8.20. The van der Waals surface area contributed by atoms with Crippen molar-refractivity contribution in [3.63, 3.8) is 0 Å². The Labute approximate surface area is 168 Å². The third kappa shape index (κ3) is 8.99. The summed E-state index contributed by atoms with van der Waals surface area (Å²) in [4.78, 5) is 0. The van der Waals surface area contributed by atoms with Gasteiger partial charge in [-0.15, -0.1) is 0 Å². The van der Waals surface area contributed by atoms with Crippen molar-refractivity contribution in [1.82, 2.24) is 5.32 Å². The van der Waals surface area contributed by atoms with E-state index >= 15 is 0 Å². The predicted octanol–water partition coefficient (Wildman–Crippen LogP) is 4.51. The van der Waals surface area contributed by atoms with Gasteiger partial charge < -0.3 is 24.0 Å². The number of ether oxygens (including phenoxy) is 3. The fourth-order valence-corrected chi connectivity index (χ4v) is 5.21. The largest absolute Gasteiger partial charge is 0.426 e. The van der Waals surface area contributed by atoms with Crippen LogP contribution in [-0.2, 0) is 18.6 Å². The lowest BCUT2D eigenvalue weighted by Crippen LogP contribution is -2.59. The predicted molar refractivity (Wildman–Crippen MR) is 114 cm³/mol. The standard InChI is InChI=1S/C21H39NO4Si/c1-15(2)23-21(24-16(3)4,25-17(5)6)11-12-27-26-18-13-19(7,8)22-20(9,10)14-18/h18,22H,1,3,5,11-14,27H2,2,4,6-10H3. The van der Waals surface area contributed by atoms with Crippen molar-refractivity contribution in [2.24, 2.45) is 0 Å². The van der Waals surface area contributed by atoms with E-state index in [4.69, 9.17) is 18.6 Å². The van der Waals surface area contributed by atoms with Gasteiger partial charge >= 0.3 is 5.97 Å². The Morgan fingerprint density at radius 1 is 0.926 bits per heavy atom. The van der Waals surface area contributed by atoms with Gasteiger partial charge in [0, 0.05) is 17.2 Å². The van der Waals surface area contributed by atoms with Gasteiger partial charge in [-0.05, 0) is 67.4 Å². The molecule has 6 heteroatoms. The van der Waals surface area contributed by atoms with Crippen molar-refractivity contribution in [1.29, 1.82) is 0 Å². The first kappa shape index (κ1) is 23.8. The molecule has 0 saturated carbocycles. The van der Waals surface area contributed by atoms with Crippen LogP contribution in [0.5, 0.6) is 0 Å². The fourth-order valence-electron chi connectivity index (χ4n) is 3.90. The molecule has 0 amide bonds. The molecule has 0 aliphatic carbocycles. The van der Waals surface area contributed by atoms with Crippen molar-refractivity contribution in [2.75, 3.05) is 0 Å². The lowest BCUT2D eigenvalue weighted by atomic mass is 9.81. The Bertz CT molecular complexity index is 500. The van der Waals surface area contributed by atoms with Crippen molar-refractivity contribution in [3.8, 4) is 0 Å². The molecule has 1 aliphatic heterocycles. The smallest absolute Gasteiger partial charge is 0.415 e. The normalized spacial score (nSPS) is 19.7. The molecule has 1 aliphatic rings. The van der Waals surface area contributed by atoms with E-state index in [1.807, 2.05) is 0 Å². The molecule has 0 aromatic heterocycles. The van der Waals surface area contributed by atoms with E-state index in [0.29, 0.717) is 23.7 Å². The Morgan fingerprint density at radius 2 is 1.33 bits per heavy atom. The Balaban J connectivity index is 2.68. The molecule has 1 N–H and O–H groups in total. The first-order valence-electron chi connectivity index (χ1n) is 9.69. The molecule has 1 fully saturated rings. The van der Waals surface area contributed by atoms with Crippen LogP contribution in [0.2, 0.25) is 6.04 Å². The van der Waals surface area contributed by atoms with Gasteiger partial charge in [0.15, 0.2) is 9.76 Å². The average Bonchev–Trinajstić information content (AvgIpc) is 2.37. The van der Waals surface area contributed by atoms with Crippen molar-refractivity contribution in [3.05, 3.63) is 37.0 Å². The maximum absolute atomic E-state index is 6.33. The van der Waals surface area contributed by atoms with E-state index in [1.165, 1.54) is 0 Å². The highest BCUT2D eigenvalue weighted by Gasteiger charge is 2.39. The summed E-state index contributed by atoms with van der Waals surface area (Å²) in [6, 6.07) is 0.846. The third-order valence-electron chi connectivity index (χ3n) is 4.12. The van der Waals surface area contributed by atoms with Crippen molar-refractivity contribution >= 4 is 9.76 Å². The van der Waals surface area contributed by atoms with Gasteiger partial charge in [0.25, 0.3) is 0 Å². The number of rotatable bonds is 11. The zero-order valence-electron chi connectivity index (χ0n) is 18.4. The Morgan fingerprint density at radius 3 is 1.70 bits per heavy atom. The van der Waals surface area contributed by atoms with Gasteiger partial charge in [0.05, 0.1) is 23.7 Å². The Hall–Kier alpha value is -1.24. The van der Waals surface area contributed by atoms with Crippen LogP contribution in [0.25, 0.3) is 0 Å². The van der Waals surface area contributed by atoms with E-state index in [0.717, 1.165) is 18.9 Å². The van der Waals surface area contributed by atoms with Gasteiger partial charge in [0.1, 0.15) is 0 Å². The van der Waals surface area contributed by atoms with Crippen LogP contribution in [0.15, 0.2) is 37.0 Å². The highest BCUT2D eigenvalue weighted by Crippen LogP contribution is 2.32. The lowest BCUT2D eigenvalue weighted by molar-refractivity contribution is -0.335. The molecule has 0 radical (unpaired) electrons. The summed E-state index contributed by atoms with van der Waals surface area (Å²) < 4.78 is 23.8. The first-order chi connectivity index (χ1) is 12.2. The summed E-state index contributed by atoms with van der Waals surface area (Å²) in [5, 5.41) is 3.69. The molecule has 0 aromatic carbocycles. The van der Waals surface area contributed by atoms with E-state index in [1.54, 1.807) is 20.8 Å². The van der Waals surface area contributed by atoms with Crippen molar-refractivity contribution < 1.29 is 18.6 Å². The number of hydrogen-bond donors (Lipinski definition) is 1. The maximum atomic E-state index is 6.33. The highest BCUT2D eigenvalue weighted by molar-refractivity contribution is 6.27. The van der Waals surface area contributed by atoms with Gasteiger partial charge in [-0.2, -0.15) is 0 Å².